The Morgan fingerprint density at radius 2 is 2.43 bits per heavy atom. The quantitative estimate of drug-likeness (QED) is 0.742. The smallest absolute Gasteiger partial charge is 0.255 e. The highest BCUT2D eigenvalue weighted by Crippen LogP contribution is 2.04. The van der Waals surface area contributed by atoms with Crippen LogP contribution in [0.5, 0.6) is 0 Å². The molecule has 1 amide bonds. The summed E-state index contributed by atoms with van der Waals surface area (Å²) in [5, 5.41) is 0. The molecule has 0 aliphatic rings. The first-order valence-corrected chi connectivity index (χ1v) is 4.73. The molecule has 0 aliphatic heterocycles. The molecule has 0 aromatic carbocycles. The molecule has 4 nitrogen and oxygen atoms in total. The van der Waals surface area contributed by atoms with Gasteiger partial charge in [-0.25, -0.2) is 0 Å². The van der Waals surface area contributed by atoms with Crippen molar-refractivity contribution in [2.45, 2.75) is 6.92 Å². The van der Waals surface area contributed by atoms with Gasteiger partial charge in [-0.3, -0.25) is 4.79 Å². The van der Waals surface area contributed by atoms with Gasteiger partial charge in [-0.1, -0.05) is 6.92 Å². The van der Waals surface area contributed by atoms with Crippen molar-refractivity contribution in [2.24, 2.45) is 11.7 Å². The number of aromatic nitrogens is 1. The van der Waals surface area contributed by atoms with E-state index in [9.17, 15) is 4.79 Å². The van der Waals surface area contributed by atoms with Gasteiger partial charge in [-0.05, 0) is 18.5 Å². The fraction of sp³-hybridized carbons (Fsp3) is 0.500. The van der Waals surface area contributed by atoms with Crippen molar-refractivity contribution >= 4 is 5.91 Å². The third kappa shape index (κ3) is 2.60. The van der Waals surface area contributed by atoms with Gasteiger partial charge < -0.3 is 15.6 Å². The van der Waals surface area contributed by atoms with Crippen molar-refractivity contribution in [2.75, 3.05) is 20.1 Å². The summed E-state index contributed by atoms with van der Waals surface area (Å²) in [7, 11) is 1.79. The lowest BCUT2D eigenvalue weighted by Crippen LogP contribution is -2.33. The first-order chi connectivity index (χ1) is 6.65. The van der Waals surface area contributed by atoms with Crippen molar-refractivity contribution in [3.8, 4) is 0 Å². The molecular weight excluding hydrogens is 178 g/mol. The van der Waals surface area contributed by atoms with E-state index in [2.05, 4.69) is 4.98 Å². The monoisotopic (exact) mass is 195 g/mol. The average molecular weight is 195 g/mol. The van der Waals surface area contributed by atoms with Gasteiger partial charge >= 0.3 is 0 Å². The Morgan fingerprint density at radius 1 is 1.71 bits per heavy atom. The largest absolute Gasteiger partial charge is 0.367 e. The van der Waals surface area contributed by atoms with Crippen LogP contribution in [-0.4, -0.2) is 35.9 Å². The third-order valence-electron chi connectivity index (χ3n) is 2.18. The van der Waals surface area contributed by atoms with E-state index in [-0.39, 0.29) is 5.91 Å². The van der Waals surface area contributed by atoms with Crippen LogP contribution in [0.15, 0.2) is 18.5 Å². The van der Waals surface area contributed by atoms with Crippen LogP contribution in [0, 0.1) is 5.92 Å². The topological polar surface area (TPSA) is 62.1 Å². The zero-order valence-electron chi connectivity index (χ0n) is 8.66. The molecule has 3 N–H and O–H groups in total. The number of aromatic amines is 1. The second-order valence-electron chi connectivity index (χ2n) is 3.63. The Bertz CT molecular complexity index is 282. The van der Waals surface area contributed by atoms with E-state index in [1.807, 2.05) is 6.92 Å². The molecule has 0 saturated carbocycles. The summed E-state index contributed by atoms with van der Waals surface area (Å²) >= 11 is 0. The van der Waals surface area contributed by atoms with Crippen LogP contribution in [-0.2, 0) is 0 Å². The van der Waals surface area contributed by atoms with E-state index < -0.39 is 0 Å². The van der Waals surface area contributed by atoms with Crippen molar-refractivity contribution in [1.82, 2.24) is 9.88 Å². The predicted octanol–water partition coefficient (Wildman–Crippen LogP) is 0.681. The molecule has 0 fully saturated rings. The zero-order chi connectivity index (χ0) is 10.6. The fourth-order valence-electron chi connectivity index (χ4n) is 1.30. The molecule has 1 rings (SSSR count). The molecule has 0 radical (unpaired) electrons. The number of nitrogens with zero attached hydrogens (tertiary/aromatic N) is 1. The third-order valence-corrected chi connectivity index (χ3v) is 2.18. The second-order valence-corrected chi connectivity index (χ2v) is 3.63. The Morgan fingerprint density at radius 3 is 2.93 bits per heavy atom. The van der Waals surface area contributed by atoms with E-state index in [4.69, 9.17) is 5.73 Å². The molecular formula is C10H17N3O. The highest BCUT2D eigenvalue weighted by atomic mass is 16.2. The minimum absolute atomic E-state index is 0.0338. The standard InChI is InChI=1S/C10H17N3O/c1-8(5-11)7-13(2)10(14)9-3-4-12-6-9/h3-4,6,8,12H,5,7,11H2,1-2H3. The summed E-state index contributed by atoms with van der Waals surface area (Å²) < 4.78 is 0. The molecule has 14 heavy (non-hydrogen) atoms. The Kier molecular flexibility index (Phi) is 3.71. The number of nitrogens with two attached hydrogens (primary N) is 1. The fourth-order valence-corrected chi connectivity index (χ4v) is 1.30. The molecule has 1 heterocycles. The summed E-state index contributed by atoms with van der Waals surface area (Å²) in [6, 6.07) is 1.77. The number of H-pyrrole nitrogens is 1. The van der Waals surface area contributed by atoms with Crippen LogP contribution in [0.3, 0.4) is 0 Å². The number of nitrogens with one attached hydrogen (secondary N) is 1. The van der Waals surface area contributed by atoms with Crippen LogP contribution >= 0.6 is 0 Å². The van der Waals surface area contributed by atoms with Gasteiger partial charge in [0.15, 0.2) is 0 Å². The molecule has 0 spiro atoms. The lowest BCUT2D eigenvalue weighted by molar-refractivity contribution is 0.0777. The predicted molar refractivity (Wildman–Crippen MR) is 56.0 cm³/mol. The summed E-state index contributed by atoms with van der Waals surface area (Å²) in [5.41, 5.74) is 6.19. The molecule has 1 atom stereocenters. The second kappa shape index (κ2) is 4.81. The maximum Gasteiger partial charge on any atom is 0.255 e. The molecule has 1 aromatic rings. The summed E-state index contributed by atoms with van der Waals surface area (Å²) in [5.74, 6) is 0.370. The van der Waals surface area contributed by atoms with Crippen LogP contribution in [0.1, 0.15) is 17.3 Å². The average Bonchev–Trinajstić information content (AvgIpc) is 2.69. The number of amides is 1. The van der Waals surface area contributed by atoms with E-state index in [0.29, 0.717) is 24.6 Å². The van der Waals surface area contributed by atoms with E-state index in [1.165, 1.54) is 0 Å². The number of hydrogen-bond donors (Lipinski definition) is 2. The first kappa shape index (κ1) is 10.8. The van der Waals surface area contributed by atoms with Gasteiger partial charge in [-0.2, -0.15) is 0 Å². The molecule has 4 heteroatoms. The highest BCUT2D eigenvalue weighted by Gasteiger charge is 2.13. The number of carbonyl (C=O) groups is 1. The van der Waals surface area contributed by atoms with Crippen molar-refractivity contribution in [3.05, 3.63) is 24.0 Å². The molecule has 78 valence electrons. The number of hydrogen-bond acceptors (Lipinski definition) is 2. The molecule has 1 unspecified atom stereocenters. The maximum absolute atomic E-state index is 11.7. The summed E-state index contributed by atoms with van der Waals surface area (Å²) in [6.07, 6.45) is 3.44. The Hall–Kier alpha value is -1.29. The van der Waals surface area contributed by atoms with Gasteiger partial charge in [0.1, 0.15) is 0 Å². The zero-order valence-corrected chi connectivity index (χ0v) is 8.66. The number of carbonyl (C=O) groups excluding carboxylic acids is 1. The van der Waals surface area contributed by atoms with Gasteiger partial charge in [0.05, 0.1) is 5.56 Å². The minimum atomic E-state index is 0.0338. The van der Waals surface area contributed by atoms with Gasteiger partial charge in [0, 0.05) is 26.0 Å². The molecule has 0 saturated heterocycles. The first-order valence-electron chi connectivity index (χ1n) is 4.73. The SMILES string of the molecule is CC(CN)CN(C)C(=O)c1cc[nH]c1. The van der Waals surface area contributed by atoms with Crippen LogP contribution in [0.4, 0.5) is 0 Å². The van der Waals surface area contributed by atoms with Crippen molar-refractivity contribution in [1.29, 1.82) is 0 Å². The van der Waals surface area contributed by atoms with E-state index in [0.717, 1.165) is 0 Å². The Labute approximate surface area is 84.1 Å². The van der Waals surface area contributed by atoms with Gasteiger partial charge in [-0.15, -0.1) is 0 Å². The van der Waals surface area contributed by atoms with E-state index in [1.54, 1.807) is 30.4 Å². The molecule has 1 aromatic heterocycles. The Balaban J connectivity index is 2.53. The van der Waals surface area contributed by atoms with Gasteiger partial charge in [0.25, 0.3) is 5.91 Å². The summed E-state index contributed by atoms with van der Waals surface area (Å²) in [6.45, 7) is 3.33. The summed E-state index contributed by atoms with van der Waals surface area (Å²) in [4.78, 5) is 16.3. The van der Waals surface area contributed by atoms with Crippen LogP contribution in [0.2, 0.25) is 0 Å². The lowest BCUT2D eigenvalue weighted by atomic mass is 10.1. The minimum Gasteiger partial charge on any atom is -0.367 e. The lowest BCUT2D eigenvalue weighted by Gasteiger charge is -2.19. The van der Waals surface area contributed by atoms with Gasteiger partial charge in [0.2, 0.25) is 0 Å². The highest BCUT2D eigenvalue weighted by molar-refractivity contribution is 5.93. The van der Waals surface area contributed by atoms with Crippen LogP contribution in [0.25, 0.3) is 0 Å². The van der Waals surface area contributed by atoms with Crippen molar-refractivity contribution in [3.63, 3.8) is 0 Å². The maximum atomic E-state index is 11.7. The number of rotatable bonds is 4. The van der Waals surface area contributed by atoms with Crippen molar-refractivity contribution < 1.29 is 4.79 Å². The molecule has 0 bridgehead atoms. The molecule has 0 aliphatic carbocycles. The normalized spacial score (nSPS) is 12.5. The van der Waals surface area contributed by atoms with Crippen LogP contribution < -0.4 is 5.73 Å². The van der Waals surface area contributed by atoms with E-state index >= 15 is 0 Å².